The van der Waals surface area contributed by atoms with Crippen molar-refractivity contribution in [1.82, 2.24) is 25.3 Å². The Bertz CT molecular complexity index is 850. The Morgan fingerprint density at radius 1 is 1.23 bits per heavy atom. The zero-order valence-electron chi connectivity index (χ0n) is 18.1. The van der Waals surface area contributed by atoms with E-state index < -0.39 is 0 Å². The number of aliphatic imine (C=N–C) groups is 1. The number of ether oxygens (including phenoxy) is 1. The van der Waals surface area contributed by atoms with Crippen molar-refractivity contribution in [3.8, 4) is 0 Å². The van der Waals surface area contributed by atoms with Crippen LogP contribution in [-0.2, 0) is 18.3 Å². The van der Waals surface area contributed by atoms with Crippen molar-refractivity contribution >= 4 is 41.5 Å². The summed E-state index contributed by atoms with van der Waals surface area (Å²) in [5.41, 5.74) is 4.52. The second-order valence-electron chi connectivity index (χ2n) is 7.27. The summed E-state index contributed by atoms with van der Waals surface area (Å²) in [6.07, 6.45) is 0. The van der Waals surface area contributed by atoms with Gasteiger partial charge in [-0.15, -0.1) is 24.0 Å². The Balaban J connectivity index is 0.00000320. The Morgan fingerprint density at radius 2 is 1.93 bits per heavy atom. The molecule has 1 unspecified atom stereocenters. The normalized spacial score (nSPS) is 16.1. The number of aryl methyl sites for hydroxylation is 2. The van der Waals surface area contributed by atoms with Gasteiger partial charge in [0, 0.05) is 56.6 Å². The Kier molecular flexibility index (Phi) is 9.86. The monoisotopic (exact) mass is 546 g/mol. The van der Waals surface area contributed by atoms with E-state index in [1.807, 2.05) is 36.9 Å². The van der Waals surface area contributed by atoms with Crippen LogP contribution in [-0.4, -0.2) is 60.5 Å². The molecule has 2 N–H and O–H groups in total. The van der Waals surface area contributed by atoms with E-state index in [-0.39, 0.29) is 30.0 Å². The summed E-state index contributed by atoms with van der Waals surface area (Å²) in [6.45, 7) is 8.76. The number of hydrogen-bond donors (Lipinski definition) is 2. The summed E-state index contributed by atoms with van der Waals surface area (Å²) in [4.78, 5) is 6.81. The van der Waals surface area contributed by atoms with E-state index in [2.05, 4.69) is 38.6 Å². The van der Waals surface area contributed by atoms with E-state index in [0.717, 1.165) is 54.2 Å². The molecule has 1 saturated heterocycles. The van der Waals surface area contributed by atoms with Gasteiger partial charge in [0.05, 0.1) is 24.9 Å². The molecule has 30 heavy (non-hydrogen) atoms. The number of nitrogens with zero attached hydrogens (tertiary/aromatic N) is 4. The fourth-order valence-electron chi connectivity index (χ4n) is 3.73. The highest BCUT2D eigenvalue weighted by Crippen LogP contribution is 2.27. The van der Waals surface area contributed by atoms with Crippen LogP contribution in [0, 0.1) is 13.8 Å². The van der Waals surface area contributed by atoms with Gasteiger partial charge in [-0.1, -0.05) is 29.8 Å². The third-order valence-corrected chi connectivity index (χ3v) is 5.87. The molecule has 0 saturated carbocycles. The summed E-state index contributed by atoms with van der Waals surface area (Å²) in [6, 6.07) is 8.20. The quantitative estimate of drug-likeness (QED) is 0.331. The molecule has 9 heteroatoms. The molecule has 2 aromatic rings. The molecule has 1 aromatic carbocycles. The summed E-state index contributed by atoms with van der Waals surface area (Å²) >= 11 is 6.52. The van der Waals surface area contributed by atoms with Crippen LogP contribution >= 0.6 is 35.6 Å². The Morgan fingerprint density at radius 3 is 2.53 bits per heavy atom. The molecule has 1 aromatic heterocycles. The fourth-order valence-corrected chi connectivity index (χ4v) is 3.99. The zero-order valence-corrected chi connectivity index (χ0v) is 21.2. The molecule has 0 aliphatic carbocycles. The Labute approximate surface area is 201 Å². The second kappa shape index (κ2) is 11.9. The summed E-state index contributed by atoms with van der Waals surface area (Å²) in [7, 11) is 3.76. The first-order valence-corrected chi connectivity index (χ1v) is 10.4. The van der Waals surface area contributed by atoms with Crippen LogP contribution in [0.5, 0.6) is 0 Å². The first-order chi connectivity index (χ1) is 14.0. The molecule has 2 heterocycles. The molecule has 0 spiro atoms. The molecule has 166 valence electrons. The number of rotatable bonds is 6. The van der Waals surface area contributed by atoms with Crippen LogP contribution in [0.25, 0.3) is 0 Å². The lowest BCUT2D eigenvalue weighted by atomic mass is 10.0. The van der Waals surface area contributed by atoms with E-state index in [0.29, 0.717) is 13.1 Å². The lowest BCUT2D eigenvalue weighted by Crippen LogP contribution is -2.46. The van der Waals surface area contributed by atoms with Gasteiger partial charge >= 0.3 is 0 Å². The first-order valence-electron chi connectivity index (χ1n) is 10.0. The molecule has 1 aliphatic heterocycles. The maximum Gasteiger partial charge on any atom is 0.191 e. The zero-order chi connectivity index (χ0) is 20.8. The van der Waals surface area contributed by atoms with Crippen molar-refractivity contribution < 1.29 is 4.74 Å². The molecule has 3 rings (SSSR count). The average molecular weight is 547 g/mol. The standard InChI is InChI=1S/C21H31ClN6O.HI/c1-15-18(16(2)27(4)26-15)13-24-21(23-3)25-14-20(28-9-11-29-12-10-28)17-7-5-6-8-19(17)22;/h5-8,20H,9-14H2,1-4H3,(H2,23,24,25);1H. The first kappa shape index (κ1) is 24.9. The molecule has 0 bridgehead atoms. The maximum absolute atomic E-state index is 6.52. The fraction of sp³-hybridized carbons (Fsp3) is 0.524. The smallest absolute Gasteiger partial charge is 0.191 e. The van der Waals surface area contributed by atoms with Gasteiger partial charge in [0.1, 0.15) is 0 Å². The average Bonchev–Trinajstić information content (AvgIpc) is 2.98. The minimum atomic E-state index is 0. The van der Waals surface area contributed by atoms with Crippen LogP contribution in [0.15, 0.2) is 29.3 Å². The summed E-state index contributed by atoms with van der Waals surface area (Å²) in [5, 5.41) is 12.2. The number of benzene rings is 1. The highest BCUT2D eigenvalue weighted by atomic mass is 127. The lowest BCUT2D eigenvalue weighted by Gasteiger charge is -2.35. The number of hydrogen-bond acceptors (Lipinski definition) is 4. The predicted octanol–water partition coefficient (Wildman–Crippen LogP) is 3.05. The number of guanidine groups is 1. The molecule has 7 nitrogen and oxygen atoms in total. The van der Waals surface area contributed by atoms with Crippen molar-refractivity contribution in [3.63, 3.8) is 0 Å². The minimum absolute atomic E-state index is 0. The number of morpholine rings is 1. The third kappa shape index (κ3) is 6.09. The van der Waals surface area contributed by atoms with Crippen molar-refractivity contribution in [1.29, 1.82) is 0 Å². The van der Waals surface area contributed by atoms with Crippen LogP contribution in [0.1, 0.15) is 28.6 Å². The van der Waals surface area contributed by atoms with Crippen molar-refractivity contribution in [2.24, 2.45) is 12.0 Å². The summed E-state index contributed by atoms with van der Waals surface area (Å²) in [5.74, 6) is 0.762. The maximum atomic E-state index is 6.52. The number of nitrogens with one attached hydrogen (secondary N) is 2. The Hall–Kier alpha value is -1.36. The second-order valence-corrected chi connectivity index (χ2v) is 7.67. The van der Waals surface area contributed by atoms with Crippen molar-refractivity contribution in [2.75, 3.05) is 39.9 Å². The molecule has 0 radical (unpaired) electrons. The molecular weight excluding hydrogens is 515 g/mol. The van der Waals surface area contributed by atoms with Gasteiger partial charge in [0.15, 0.2) is 5.96 Å². The molecule has 0 amide bonds. The molecular formula is C21H32ClIN6O. The van der Waals surface area contributed by atoms with Gasteiger partial charge in [-0.3, -0.25) is 14.6 Å². The van der Waals surface area contributed by atoms with Gasteiger partial charge in [-0.05, 0) is 25.5 Å². The van der Waals surface area contributed by atoms with Gasteiger partial charge < -0.3 is 15.4 Å². The van der Waals surface area contributed by atoms with Gasteiger partial charge in [-0.2, -0.15) is 5.10 Å². The van der Waals surface area contributed by atoms with E-state index in [9.17, 15) is 0 Å². The SMILES string of the molecule is CN=C(NCc1c(C)nn(C)c1C)NCC(c1ccccc1Cl)N1CCOCC1.I. The topological polar surface area (TPSA) is 66.7 Å². The van der Waals surface area contributed by atoms with Crippen molar-refractivity contribution in [3.05, 3.63) is 51.8 Å². The van der Waals surface area contributed by atoms with E-state index in [1.54, 1.807) is 7.05 Å². The highest BCUT2D eigenvalue weighted by Gasteiger charge is 2.24. The van der Waals surface area contributed by atoms with Crippen LogP contribution in [0.3, 0.4) is 0 Å². The van der Waals surface area contributed by atoms with E-state index >= 15 is 0 Å². The van der Waals surface area contributed by atoms with Gasteiger partial charge in [-0.25, -0.2) is 0 Å². The third-order valence-electron chi connectivity index (χ3n) is 5.53. The summed E-state index contributed by atoms with van der Waals surface area (Å²) < 4.78 is 7.45. The highest BCUT2D eigenvalue weighted by molar-refractivity contribution is 14.0. The number of halogens is 2. The van der Waals surface area contributed by atoms with Crippen LogP contribution < -0.4 is 10.6 Å². The van der Waals surface area contributed by atoms with E-state index in [1.165, 1.54) is 5.56 Å². The van der Waals surface area contributed by atoms with E-state index in [4.69, 9.17) is 16.3 Å². The molecule has 1 aliphatic rings. The minimum Gasteiger partial charge on any atom is -0.379 e. The van der Waals surface area contributed by atoms with Crippen LogP contribution in [0.4, 0.5) is 0 Å². The molecule has 1 fully saturated rings. The number of aromatic nitrogens is 2. The van der Waals surface area contributed by atoms with Gasteiger partial charge in [0.25, 0.3) is 0 Å². The van der Waals surface area contributed by atoms with Crippen molar-refractivity contribution in [2.45, 2.75) is 26.4 Å². The lowest BCUT2D eigenvalue weighted by molar-refractivity contribution is 0.0170. The van der Waals surface area contributed by atoms with Gasteiger partial charge in [0.2, 0.25) is 0 Å². The predicted molar refractivity (Wildman–Crippen MR) is 133 cm³/mol. The largest absolute Gasteiger partial charge is 0.379 e. The molecule has 1 atom stereocenters. The van der Waals surface area contributed by atoms with Crippen LogP contribution in [0.2, 0.25) is 5.02 Å².